The number of hydrogen-bond acceptors (Lipinski definition) is 5. The Morgan fingerprint density at radius 1 is 1.20 bits per heavy atom. The molecule has 0 fully saturated rings. The van der Waals surface area contributed by atoms with E-state index in [1.165, 1.54) is 0 Å². The summed E-state index contributed by atoms with van der Waals surface area (Å²) in [6.07, 6.45) is 2.24. The predicted molar refractivity (Wildman–Crippen MR) is 75.7 cm³/mol. The quantitative estimate of drug-likeness (QED) is 0.765. The molecule has 3 rings (SSSR count). The third kappa shape index (κ3) is 2.37. The van der Waals surface area contributed by atoms with Crippen molar-refractivity contribution < 1.29 is 4.39 Å². The lowest BCUT2D eigenvalue weighted by Gasteiger charge is -2.05. The van der Waals surface area contributed by atoms with Gasteiger partial charge in [0.15, 0.2) is 5.82 Å². The number of anilines is 3. The first-order valence-electron chi connectivity index (χ1n) is 6.03. The van der Waals surface area contributed by atoms with Gasteiger partial charge in [-0.25, -0.2) is 19.3 Å². The van der Waals surface area contributed by atoms with E-state index in [9.17, 15) is 4.39 Å². The van der Waals surface area contributed by atoms with Crippen LogP contribution in [0.2, 0.25) is 0 Å². The zero-order valence-electron chi connectivity index (χ0n) is 11.1. The molecule has 0 radical (unpaired) electrons. The second-order valence-electron chi connectivity index (χ2n) is 4.54. The molecular weight excluding hydrogens is 259 g/mol. The van der Waals surface area contributed by atoms with Crippen LogP contribution in [0.4, 0.5) is 22.0 Å². The van der Waals surface area contributed by atoms with E-state index in [1.54, 1.807) is 0 Å². The maximum Gasteiger partial charge on any atom is 0.227 e. The first kappa shape index (κ1) is 12.3. The zero-order valence-corrected chi connectivity index (χ0v) is 11.1. The molecule has 0 unspecified atom stereocenters. The second-order valence-corrected chi connectivity index (χ2v) is 4.54. The average Bonchev–Trinajstić information content (AvgIpc) is 2.85. The van der Waals surface area contributed by atoms with Crippen LogP contribution < -0.4 is 10.2 Å². The van der Waals surface area contributed by atoms with Gasteiger partial charge in [-0.05, 0) is 18.2 Å². The van der Waals surface area contributed by atoms with Crippen molar-refractivity contribution in [2.45, 2.75) is 0 Å². The van der Waals surface area contributed by atoms with Gasteiger partial charge in [0.2, 0.25) is 11.9 Å². The number of H-pyrrole nitrogens is 1. The van der Waals surface area contributed by atoms with Crippen molar-refractivity contribution in [2.24, 2.45) is 0 Å². The molecule has 0 saturated carbocycles. The molecule has 0 aliphatic heterocycles. The Hall–Kier alpha value is -2.70. The molecule has 6 nitrogen and oxygen atoms in total. The molecule has 0 atom stereocenters. The first-order valence-corrected chi connectivity index (χ1v) is 6.03. The number of hydrogen-bond donors (Lipinski definition) is 2. The highest BCUT2D eigenvalue weighted by Crippen LogP contribution is 2.21. The van der Waals surface area contributed by atoms with Gasteiger partial charge >= 0.3 is 0 Å². The van der Waals surface area contributed by atoms with E-state index >= 15 is 0 Å². The lowest BCUT2D eigenvalue weighted by atomic mass is 10.3. The van der Waals surface area contributed by atoms with Crippen LogP contribution in [0.15, 0.2) is 30.6 Å². The average molecular weight is 272 g/mol. The van der Waals surface area contributed by atoms with Gasteiger partial charge in [0, 0.05) is 19.8 Å². The van der Waals surface area contributed by atoms with Gasteiger partial charge in [-0.2, -0.15) is 0 Å². The summed E-state index contributed by atoms with van der Waals surface area (Å²) in [6.45, 7) is 0. The number of halogens is 1. The van der Waals surface area contributed by atoms with E-state index in [1.807, 2.05) is 37.2 Å². The summed E-state index contributed by atoms with van der Waals surface area (Å²) in [5.74, 6) is 0.670. The largest absolute Gasteiger partial charge is 0.349 e. The molecule has 7 heteroatoms. The number of benzene rings is 1. The molecular formula is C13H13FN6. The van der Waals surface area contributed by atoms with Crippen molar-refractivity contribution >= 4 is 28.6 Å². The van der Waals surface area contributed by atoms with Crippen molar-refractivity contribution in [3.8, 4) is 0 Å². The van der Waals surface area contributed by atoms with Crippen LogP contribution in [0, 0.1) is 5.82 Å². The molecule has 2 N–H and O–H groups in total. The highest BCUT2D eigenvalue weighted by molar-refractivity contribution is 5.82. The van der Waals surface area contributed by atoms with Gasteiger partial charge in [-0.15, -0.1) is 0 Å². The van der Waals surface area contributed by atoms with Crippen LogP contribution in [-0.4, -0.2) is 34.0 Å². The Balaban J connectivity index is 1.90. The van der Waals surface area contributed by atoms with E-state index in [0.29, 0.717) is 5.95 Å². The van der Waals surface area contributed by atoms with Gasteiger partial charge in [0.05, 0.1) is 23.4 Å². The third-order valence-electron chi connectivity index (χ3n) is 2.77. The number of fused-ring (bicyclic) bond motifs is 1. The molecule has 0 saturated heterocycles. The Bertz CT molecular complexity index is 734. The fraction of sp³-hybridized carbons (Fsp3) is 0.154. The second kappa shape index (κ2) is 4.76. The molecule has 0 bridgehead atoms. The van der Waals surface area contributed by atoms with E-state index in [-0.39, 0.29) is 0 Å². The molecule has 20 heavy (non-hydrogen) atoms. The zero-order chi connectivity index (χ0) is 14.1. The van der Waals surface area contributed by atoms with Crippen molar-refractivity contribution in [1.82, 2.24) is 19.9 Å². The minimum Gasteiger partial charge on any atom is -0.349 e. The number of aromatic amines is 1. The Morgan fingerprint density at radius 2 is 1.95 bits per heavy atom. The van der Waals surface area contributed by atoms with Crippen LogP contribution in [-0.2, 0) is 0 Å². The van der Waals surface area contributed by atoms with Crippen molar-refractivity contribution in [2.75, 3.05) is 24.3 Å². The standard InChI is InChI=1S/C13H13FN6/c1-20(2)13-18-10-4-3-9(5-11(10)19-13)17-12-15-6-8(14)7-16-12/h3-7H,1-2H3,(H,18,19)(H,15,16,17). The Morgan fingerprint density at radius 3 is 2.65 bits per heavy atom. The van der Waals surface area contributed by atoms with Crippen molar-refractivity contribution in [3.63, 3.8) is 0 Å². The van der Waals surface area contributed by atoms with Crippen LogP contribution in [0.25, 0.3) is 11.0 Å². The SMILES string of the molecule is CN(C)c1nc2ccc(Nc3ncc(F)cn3)cc2[nH]1. The lowest BCUT2D eigenvalue weighted by Crippen LogP contribution is -2.09. The highest BCUT2D eigenvalue weighted by atomic mass is 19.1. The summed E-state index contributed by atoms with van der Waals surface area (Å²) in [6, 6.07) is 5.67. The molecule has 0 amide bonds. The molecule has 1 aromatic carbocycles. The number of imidazole rings is 1. The van der Waals surface area contributed by atoms with Gasteiger partial charge in [0.25, 0.3) is 0 Å². The molecule has 0 spiro atoms. The Labute approximate surface area is 114 Å². The molecule has 3 aromatic rings. The number of nitrogens with zero attached hydrogens (tertiary/aromatic N) is 4. The van der Waals surface area contributed by atoms with Gasteiger partial charge in [-0.1, -0.05) is 0 Å². The first-order chi connectivity index (χ1) is 9.61. The lowest BCUT2D eigenvalue weighted by molar-refractivity contribution is 0.614. The Kier molecular flexibility index (Phi) is 2.94. The molecule has 2 heterocycles. The maximum absolute atomic E-state index is 12.7. The maximum atomic E-state index is 12.7. The molecule has 0 aliphatic carbocycles. The van der Waals surface area contributed by atoms with Gasteiger partial charge < -0.3 is 15.2 Å². The molecule has 2 aromatic heterocycles. The van der Waals surface area contributed by atoms with Crippen LogP contribution >= 0.6 is 0 Å². The number of aromatic nitrogens is 4. The normalized spacial score (nSPS) is 10.8. The molecule has 0 aliphatic rings. The summed E-state index contributed by atoms with van der Waals surface area (Å²) in [5, 5.41) is 3.01. The fourth-order valence-corrected chi connectivity index (χ4v) is 1.79. The van der Waals surface area contributed by atoms with Crippen molar-refractivity contribution in [1.29, 1.82) is 0 Å². The van der Waals surface area contributed by atoms with Crippen molar-refractivity contribution in [3.05, 3.63) is 36.4 Å². The minimum absolute atomic E-state index is 0.345. The molecule has 102 valence electrons. The number of rotatable bonds is 3. The highest BCUT2D eigenvalue weighted by Gasteiger charge is 2.05. The third-order valence-corrected chi connectivity index (χ3v) is 2.77. The van der Waals surface area contributed by atoms with Crippen LogP contribution in [0.1, 0.15) is 0 Å². The van der Waals surface area contributed by atoms with Gasteiger partial charge in [0.1, 0.15) is 0 Å². The fourth-order valence-electron chi connectivity index (χ4n) is 1.79. The van der Waals surface area contributed by atoms with E-state index in [2.05, 4.69) is 25.3 Å². The summed E-state index contributed by atoms with van der Waals surface area (Å²) in [5.41, 5.74) is 2.58. The predicted octanol–water partition coefficient (Wildman–Crippen LogP) is 2.30. The number of nitrogens with one attached hydrogen (secondary N) is 2. The van der Waals surface area contributed by atoms with Gasteiger partial charge in [-0.3, -0.25) is 0 Å². The summed E-state index contributed by atoms with van der Waals surface area (Å²) in [7, 11) is 3.84. The topological polar surface area (TPSA) is 69.7 Å². The summed E-state index contributed by atoms with van der Waals surface area (Å²) >= 11 is 0. The summed E-state index contributed by atoms with van der Waals surface area (Å²) in [4.78, 5) is 17.2. The monoisotopic (exact) mass is 272 g/mol. The van der Waals surface area contributed by atoms with Crippen LogP contribution in [0.5, 0.6) is 0 Å². The minimum atomic E-state index is -0.463. The summed E-state index contributed by atoms with van der Waals surface area (Å²) < 4.78 is 12.7. The van der Waals surface area contributed by atoms with E-state index < -0.39 is 5.82 Å². The van der Waals surface area contributed by atoms with E-state index in [4.69, 9.17) is 0 Å². The van der Waals surface area contributed by atoms with E-state index in [0.717, 1.165) is 35.1 Å². The smallest absolute Gasteiger partial charge is 0.227 e. The van der Waals surface area contributed by atoms with Crippen LogP contribution in [0.3, 0.4) is 0 Å².